The highest BCUT2D eigenvalue weighted by Crippen LogP contribution is 2.38. The Balaban J connectivity index is 1.66. The van der Waals surface area contributed by atoms with Crippen molar-refractivity contribution in [2.24, 2.45) is 0 Å². The van der Waals surface area contributed by atoms with E-state index in [1.54, 1.807) is 6.08 Å². The van der Waals surface area contributed by atoms with E-state index in [1.807, 2.05) is 6.08 Å². The summed E-state index contributed by atoms with van der Waals surface area (Å²) in [6.45, 7) is 2.08. The number of aliphatic carboxylic acids is 1. The van der Waals surface area contributed by atoms with Crippen LogP contribution in [0.4, 0.5) is 0 Å². The van der Waals surface area contributed by atoms with Crippen molar-refractivity contribution in [1.29, 1.82) is 0 Å². The number of rotatable bonds is 44. The second kappa shape index (κ2) is 40.7. The molecule has 0 aromatic carbocycles. The lowest BCUT2D eigenvalue weighted by atomic mass is 9.88. The van der Waals surface area contributed by atoms with Gasteiger partial charge in [0, 0.05) is 19.8 Å². The summed E-state index contributed by atoms with van der Waals surface area (Å²) in [7, 11) is 0. The number of amides is 2. The lowest BCUT2D eigenvalue weighted by Gasteiger charge is -2.50. The van der Waals surface area contributed by atoms with Crippen LogP contribution >= 0.6 is 0 Å². The van der Waals surface area contributed by atoms with Gasteiger partial charge in [0.2, 0.25) is 11.8 Å². The number of carboxylic acid groups (broad SMARTS) is 1. The predicted octanol–water partition coefficient (Wildman–Crippen LogP) is 2.78. The zero-order valence-corrected chi connectivity index (χ0v) is 48.6. The fourth-order valence-corrected chi connectivity index (χ4v) is 10.8. The van der Waals surface area contributed by atoms with Gasteiger partial charge in [-0.1, -0.05) is 174 Å². The van der Waals surface area contributed by atoms with E-state index in [-0.39, 0.29) is 12.3 Å². The van der Waals surface area contributed by atoms with E-state index in [2.05, 4.69) is 24.5 Å². The molecule has 2 amide bonds. The van der Waals surface area contributed by atoms with Gasteiger partial charge in [-0.25, -0.2) is 4.79 Å². The maximum atomic E-state index is 13.3. The smallest absolute Gasteiger partial charge is 0.364 e. The lowest BCUT2D eigenvalue weighted by molar-refractivity contribution is -0.386. The van der Waals surface area contributed by atoms with Crippen molar-refractivity contribution in [3.8, 4) is 0 Å². The molecule has 0 aliphatic carbocycles. The Bertz CT molecular complexity index is 1720. The predicted molar refractivity (Wildman–Crippen MR) is 297 cm³/mol. The second-order valence-corrected chi connectivity index (χ2v) is 22.6. The van der Waals surface area contributed by atoms with Gasteiger partial charge in [-0.15, -0.1) is 0 Å². The zero-order chi connectivity index (χ0) is 59.7. The molecule has 0 spiro atoms. The summed E-state index contributed by atoms with van der Waals surface area (Å²) in [5, 5.41) is 135. The number of nitrogens with one attached hydrogen (secondary N) is 2. The summed E-state index contributed by atoms with van der Waals surface area (Å²) in [5.41, 5.74) is 0. The van der Waals surface area contributed by atoms with Crippen molar-refractivity contribution in [2.45, 2.75) is 310 Å². The molecule has 474 valence electrons. The Morgan fingerprint density at radius 2 is 1.15 bits per heavy atom. The zero-order valence-electron chi connectivity index (χ0n) is 48.6. The fraction of sp³-hybridized carbons (Fsp3) is 0.914. The molecule has 23 heteroatoms. The minimum absolute atomic E-state index is 0.204. The van der Waals surface area contributed by atoms with Crippen molar-refractivity contribution < 1.29 is 104 Å². The molecular formula is C58H106N2O21. The van der Waals surface area contributed by atoms with Gasteiger partial charge in [0.15, 0.2) is 12.6 Å². The van der Waals surface area contributed by atoms with Crippen LogP contribution in [0.3, 0.4) is 0 Å². The maximum Gasteiger partial charge on any atom is 0.364 e. The minimum atomic E-state index is -3.08. The van der Waals surface area contributed by atoms with Crippen LogP contribution in [-0.4, -0.2) is 215 Å². The van der Waals surface area contributed by atoms with E-state index in [0.29, 0.717) is 12.8 Å². The molecule has 0 radical (unpaired) electrons. The highest BCUT2D eigenvalue weighted by Gasteiger charge is 2.60. The number of ether oxygens (including phenoxy) is 6. The van der Waals surface area contributed by atoms with Crippen LogP contribution in [0.15, 0.2) is 12.2 Å². The Hall–Kier alpha value is -2.53. The standard InChI is InChI=1S/C58H106N2O21/c1-4-6-8-10-12-14-16-17-18-19-20-22-24-26-28-30-32-45(68)60-39(40(65)31-29-27-25-23-21-15-13-11-9-7-5-2)37-76-55-50(72)49(71)52(44(36-63)78-55)79-56-51(73)54(48(70)43(35-62)77-56)81-58(57(74)75)33-41(66)46(59-38(3)64)53(80-58)47(69)42(67)34-61/h29,31,39-44,46-56,61-63,65-67,69-73H,4-28,30,32-37H2,1-3H3,(H,59,64)(H,60,68)(H,74,75)/b31-29+. The summed E-state index contributed by atoms with van der Waals surface area (Å²) in [6.07, 6.45) is 4.30. The van der Waals surface area contributed by atoms with Crippen LogP contribution in [0.1, 0.15) is 201 Å². The first kappa shape index (κ1) is 72.7. The van der Waals surface area contributed by atoms with E-state index in [1.165, 1.54) is 109 Å². The topological polar surface area (TPSA) is 373 Å². The summed E-state index contributed by atoms with van der Waals surface area (Å²) in [6, 6.07) is -2.61. The van der Waals surface area contributed by atoms with Crippen molar-refractivity contribution in [2.75, 3.05) is 26.4 Å². The summed E-state index contributed by atoms with van der Waals surface area (Å²) < 4.78 is 34.6. The number of carbonyl (C=O) groups excluding carboxylic acids is 2. The van der Waals surface area contributed by atoms with E-state index in [0.717, 1.165) is 51.9 Å². The van der Waals surface area contributed by atoms with Crippen molar-refractivity contribution >= 4 is 17.8 Å². The third kappa shape index (κ3) is 25.1. The fourth-order valence-electron chi connectivity index (χ4n) is 10.8. The molecular weight excluding hydrogens is 1060 g/mol. The molecule has 23 nitrogen and oxygen atoms in total. The molecule has 0 aromatic heterocycles. The molecule has 3 saturated heterocycles. The Kier molecular flexibility index (Phi) is 36.6. The molecule has 0 bridgehead atoms. The van der Waals surface area contributed by atoms with Gasteiger partial charge in [-0.2, -0.15) is 0 Å². The molecule has 3 heterocycles. The molecule has 18 atom stereocenters. The van der Waals surface area contributed by atoms with Crippen LogP contribution in [0.5, 0.6) is 0 Å². The third-order valence-electron chi connectivity index (χ3n) is 15.7. The molecule has 0 saturated carbocycles. The van der Waals surface area contributed by atoms with Gasteiger partial charge in [-0.3, -0.25) is 9.59 Å². The lowest BCUT2D eigenvalue weighted by Crippen LogP contribution is -2.70. The highest BCUT2D eigenvalue weighted by atomic mass is 16.8. The van der Waals surface area contributed by atoms with Crippen molar-refractivity contribution in [3.05, 3.63) is 12.2 Å². The molecule has 3 rings (SSSR count). The van der Waals surface area contributed by atoms with Crippen LogP contribution in [-0.2, 0) is 42.8 Å². The van der Waals surface area contributed by atoms with E-state index >= 15 is 0 Å². The molecule has 3 aliphatic heterocycles. The number of carboxylic acids is 1. The van der Waals surface area contributed by atoms with Crippen LogP contribution in [0.25, 0.3) is 0 Å². The Morgan fingerprint density at radius 3 is 1.64 bits per heavy atom. The Labute approximate surface area is 480 Å². The third-order valence-corrected chi connectivity index (χ3v) is 15.7. The first-order valence-corrected chi connectivity index (χ1v) is 30.6. The van der Waals surface area contributed by atoms with Crippen LogP contribution < -0.4 is 10.6 Å². The number of hydrogen-bond acceptors (Lipinski definition) is 20. The summed E-state index contributed by atoms with van der Waals surface area (Å²) in [5.74, 6) is -6.14. The largest absolute Gasteiger partial charge is 0.477 e. The molecule has 3 aliphatic rings. The first-order chi connectivity index (χ1) is 38.9. The summed E-state index contributed by atoms with van der Waals surface area (Å²) >= 11 is 0. The van der Waals surface area contributed by atoms with Gasteiger partial charge in [0.1, 0.15) is 67.1 Å². The SMILES string of the molecule is CCCCCCCCCCC/C=C/C(O)C(COC1OC(CO)C(OC2OC(CO)C(O)C(OC3(C(=O)O)CC(O)C(NC(C)=O)C(C(O)C(O)CO)O3)C2O)C(O)C1O)NC(=O)CCCCCCCCCCCCCCCCCC. The minimum Gasteiger partial charge on any atom is -0.477 e. The Morgan fingerprint density at radius 1 is 0.642 bits per heavy atom. The summed E-state index contributed by atoms with van der Waals surface area (Å²) in [4.78, 5) is 38.3. The van der Waals surface area contributed by atoms with Gasteiger partial charge in [0.05, 0.1) is 50.7 Å². The number of hydrogen-bond donors (Lipinski definition) is 14. The number of aliphatic hydroxyl groups is 11. The molecule has 81 heavy (non-hydrogen) atoms. The number of aliphatic hydroxyl groups excluding tert-OH is 11. The number of carbonyl (C=O) groups is 3. The van der Waals surface area contributed by atoms with E-state index in [4.69, 9.17) is 28.4 Å². The van der Waals surface area contributed by atoms with Crippen molar-refractivity contribution in [3.63, 3.8) is 0 Å². The number of unbranched alkanes of at least 4 members (excludes halogenated alkanes) is 24. The van der Waals surface area contributed by atoms with Gasteiger partial charge in [0.25, 0.3) is 5.79 Å². The average Bonchev–Trinajstić information content (AvgIpc) is 3.61. The number of allylic oxidation sites excluding steroid dienone is 1. The molecule has 18 unspecified atom stereocenters. The van der Waals surface area contributed by atoms with E-state index in [9.17, 15) is 75.7 Å². The second-order valence-electron chi connectivity index (χ2n) is 22.6. The molecule has 0 aromatic rings. The van der Waals surface area contributed by atoms with Crippen molar-refractivity contribution in [1.82, 2.24) is 10.6 Å². The first-order valence-electron chi connectivity index (χ1n) is 30.6. The van der Waals surface area contributed by atoms with Gasteiger partial charge in [-0.05, 0) is 19.3 Å². The van der Waals surface area contributed by atoms with E-state index < -0.39 is 155 Å². The molecule has 14 N–H and O–H groups in total. The van der Waals surface area contributed by atoms with Gasteiger partial charge < -0.3 is 100 Å². The van der Waals surface area contributed by atoms with Gasteiger partial charge >= 0.3 is 5.97 Å². The van der Waals surface area contributed by atoms with Crippen LogP contribution in [0, 0.1) is 0 Å². The van der Waals surface area contributed by atoms with Crippen LogP contribution in [0.2, 0.25) is 0 Å². The quantitative estimate of drug-likeness (QED) is 0.0308. The molecule has 3 fully saturated rings. The monoisotopic (exact) mass is 1170 g/mol. The average molecular weight is 1170 g/mol. The maximum absolute atomic E-state index is 13.3. The normalized spacial score (nSPS) is 30.5. The highest BCUT2D eigenvalue weighted by molar-refractivity contribution is 5.77.